The third-order valence-electron chi connectivity index (χ3n) is 2.44. The second kappa shape index (κ2) is 7.30. The largest absolute Gasteiger partial charge is 0.396 e. The molecule has 1 unspecified atom stereocenters. The van der Waals surface area contributed by atoms with Gasteiger partial charge in [0.2, 0.25) is 0 Å². The van der Waals surface area contributed by atoms with Crippen LogP contribution in [0.4, 0.5) is 0 Å². The highest BCUT2D eigenvalue weighted by Gasteiger charge is 2.11. The van der Waals surface area contributed by atoms with E-state index in [1.54, 1.807) is 0 Å². The zero-order valence-corrected chi connectivity index (χ0v) is 8.30. The highest BCUT2D eigenvalue weighted by molar-refractivity contribution is 4.66. The van der Waals surface area contributed by atoms with Gasteiger partial charge >= 0.3 is 0 Å². The summed E-state index contributed by atoms with van der Waals surface area (Å²) < 4.78 is 5.57. The van der Waals surface area contributed by atoms with E-state index in [1.165, 1.54) is 19.3 Å². The number of aliphatic hydroxyl groups is 1. The first-order valence-electron chi connectivity index (χ1n) is 5.36. The molecule has 1 fully saturated rings. The molecule has 2 N–H and O–H groups in total. The van der Waals surface area contributed by atoms with Crippen molar-refractivity contribution in [1.82, 2.24) is 5.32 Å². The van der Waals surface area contributed by atoms with Gasteiger partial charge < -0.3 is 15.2 Å². The molecule has 0 saturated carbocycles. The number of morpholine rings is 1. The van der Waals surface area contributed by atoms with E-state index in [4.69, 9.17) is 9.84 Å². The maximum Gasteiger partial charge on any atom is 0.0700 e. The molecule has 1 heterocycles. The minimum Gasteiger partial charge on any atom is -0.396 e. The molecule has 0 amide bonds. The summed E-state index contributed by atoms with van der Waals surface area (Å²) in [4.78, 5) is 0. The maximum absolute atomic E-state index is 8.58. The van der Waals surface area contributed by atoms with Crippen molar-refractivity contribution in [2.24, 2.45) is 0 Å². The van der Waals surface area contributed by atoms with Crippen LogP contribution < -0.4 is 5.32 Å². The van der Waals surface area contributed by atoms with Crippen LogP contribution in [0.1, 0.15) is 32.1 Å². The number of nitrogens with one attached hydrogen (secondary N) is 1. The highest BCUT2D eigenvalue weighted by atomic mass is 16.5. The van der Waals surface area contributed by atoms with Gasteiger partial charge in [0.15, 0.2) is 0 Å². The Morgan fingerprint density at radius 1 is 1.23 bits per heavy atom. The SMILES string of the molecule is OCCCCCCC1CNCCO1. The summed E-state index contributed by atoms with van der Waals surface area (Å²) in [6.07, 6.45) is 6.15. The summed E-state index contributed by atoms with van der Waals surface area (Å²) in [5, 5.41) is 11.9. The monoisotopic (exact) mass is 187 g/mol. The van der Waals surface area contributed by atoms with Crippen LogP contribution in [0.3, 0.4) is 0 Å². The Bertz CT molecular complexity index is 113. The van der Waals surface area contributed by atoms with Crippen molar-refractivity contribution in [3.05, 3.63) is 0 Å². The molecular formula is C10H21NO2. The van der Waals surface area contributed by atoms with E-state index in [0.29, 0.717) is 12.7 Å². The van der Waals surface area contributed by atoms with E-state index < -0.39 is 0 Å². The average molecular weight is 187 g/mol. The number of hydrogen-bond acceptors (Lipinski definition) is 3. The summed E-state index contributed by atoms with van der Waals surface area (Å²) in [5.74, 6) is 0. The maximum atomic E-state index is 8.58. The Labute approximate surface area is 80.5 Å². The van der Waals surface area contributed by atoms with E-state index >= 15 is 0 Å². The van der Waals surface area contributed by atoms with E-state index in [9.17, 15) is 0 Å². The van der Waals surface area contributed by atoms with Gasteiger partial charge in [0.25, 0.3) is 0 Å². The topological polar surface area (TPSA) is 41.5 Å². The third kappa shape index (κ3) is 5.24. The number of aliphatic hydroxyl groups excluding tert-OH is 1. The number of rotatable bonds is 6. The second-order valence-electron chi connectivity index (χ2n) is 3.62. The summed E-state index contributed by atoms with van der Waals surface area (Å²) in [5.41, 5.74) is 0. The highest BCUT2D eigenvalue weighted by Crippen LogP contribution is 2.09. The van der Waals surface area contributed by atoms with Crippen molar-refractivity contribution in [3.8, 4) is 0 Å². The van der Waals surface area contributed by atoms with Gasteiger partial charge in [-0.15, -0.1) is 0 Å². The Morgan fingerprint density at radius 3 is 2.77 bits per heavy atom. The Kier molecular flexibility index (Phi) is 6.15. The van der Waals surface area contributed by atoms with E-state index in [2.05, 4.69) is 5.32 Å². The molecule has 0 bridgehead atoms. The van der Waals surface area contributed by atoms with Crippen molar-refractivity contribution < 1.29 is 9.84 Å². The van der Waals surface area contributed by atoms with E-state index in [-0.39, 0.29) is 0 Å². The normalized spacial score (nSPS) is 23.3. The van der Waals surface area contributed by atoms with Crippen LogP contribution in [-0.2, 0) is 4.74 Å². The van der Waals surface area contributed by atoms with Gasteiger partial charge in [-0.05, 0) is 12.8 Å². The van der Waals surface area contributed by atoms with Crippen LogP contribution in [0.5, 0.6) is 0 Å². The number of hydrogen-bond donors (Lipinski definition) is 2. The summed E-state index contributed by atoms with van der Waals surface area (Å²) in [7, 11) is 0. The predicted octanol–water partition coefficient (Wildman–Crippen LogP) is 0.918. The van der Waals surface area contributed by atoms with Gasteiger partial charge in [0.05, 0.1) is 12.7 Å². The molecule has 3 nitrogen and oxygen atoms in total. The molecule has 78 valence electrons. The number of unbranched alkanes of at least 4 members (excludes halogenated alkanes) is 3. The molecule has 0 spiro atoms. The van der Waals surface area contributed by atoms with Crippen LogP contribution >= 0.6 is 0 Å². The van der Waals surface area contributed by atoms with Crippen molar-refractivity contribution >= 4 is 0 Å². The molecule has 1 aliphatic rings. The fourth-order valence-electron chi connectivity index (χ4n) is 1.64. The minimum atomic E-state index is 0.335. The molecule has 0 aromatic rings. The van der Waals surface area contributed by atoms with Crippen LogP contribution in [-0.4, -0.2) is 37.5 Å². The van der Waals surface area contributed by atoms with Gasteiger partial charge in [-0.2, -0.15) is 0 Å². The molecule has 1 saturated heterocycles. The first kappa shape index (κ1) is 11.0. The summed E-state index contributed by atoms with van der Waals surface area (Å²) >= 11 is 0. The minimum absolute atomic E-state index is 0.335. The Morgan fingerprint density at radius 2 is 2.08 bits per heavy atom. The molecule has 0 aromatic heterocycles. The van der Waals surface area contributed by atoms with Crippen molar-refractivity contribution in [1.29, 1.82) is 0 Å². The second-order valence-corrected chi connectivity index (χ2v) is 3.62. The van der Waals surface area contributed by atoms with Crippen molar-refractivity contribution in [3.63, 3.8) is 0 Å². The predicted molar refractivity (Wildman–Crippen MR) is 52.8 cm³/mol. The smallest absolute Gasteiger partial charge is 0.0700 e. The van der Waals surface area contributed by atoms with Gasteiger partial charge in [-0.1, -0.05) is 19.3 Å². The Hall–Kier alpha value is -0.120. The average Bonchev–Trinajstić information content (AvgIpc) is 2.19. The van der Waals surface area contributed by atoms with Gasteiger partial charge in [0.1, 0.15) is 0 Å². The molecule has 0 radical (unpaired) electrons. The van der Waals surface area contributed by atoms with E-state index in [0.717, 1.165) is 32.5 Å². The van der Waals surface area contributed by atoms with Crippen molar-refractivity contribution in [2.75, 3.05) is 26.3 Å². The van der Waals surface area contributed by atoms with Crippen molar-refractivity contribution in [2.45, 2.75) is 38.2 Å². The molecule has 1 atom stereocenters. The lowest BCUT2D eigenvalue weighted by atomic mass is 10.1. The van der Waals surface area contributed by atoms with Gasteiger partial charge in [-0.3, -0.25) is 0 Å². The molecular weight excluding hydrogens is 166 g/mol. The van der Waals surface area contributed by atoms with Crippen LogP contribution in [0, 0.1) is 0 Å². The zero-order chi connectivity index (χ0) is 9.36. The first-order valence-corrected chi connectivity index (χ1v) is 5.36. The molecule has 13 heavy (non-hydrogen) atoms. The lowest BCUT2D eigenvalue weighted by Gasteiger charge is -2.23. The van der Waals surface area contributed by atoms with Gasteiger partial charge in [0, 0.05) is 19.7 Å². The van der Waals surface area contributed by atoms with Crippen LogP contribution in [0.2, 0.25) is 0 Å². The van der Waals surface area contributed by atoms with Crippen LogP contribution in [0.25, 0.3) is 0 Å². The molecule has 1 rings (SSSR count). The quantitative estimate of drug-likeness (QED) is 0.607. The molecule has 0 aliphatic carbocycles. The lowest BCUT2D eigenvalue weighted by molar-refractivity contribution is 0.0220. The summed E-state index contributed by atoms with van der Waals surface area (Å²) in [6.45, 7) is 3.21. The molecule has 0 aromatic carbocycles. The number of ether oxygens (including phenoxy) is 1. The molecule has 3 heteroatoms. The third-order valence-corrected chi connectivity index (χ3v) is 2.44. The molecule has 1 aliphatic heterocycles. The standard InChI is InChI=1S/C10H21NO2/c12-7-4-2-1-3-5-10-9-11-6-8-13-10/h10-12H,1-9H2. The fraction of sp³-hybridized carbons (Fsp3) is 1.00. The van der Waals surface area contributed by atoms with Gasteiger partial charge in [-0.25, -0.2) is 0 Å². The van der Waals surface area contributed by atoms with Crippen LogP contribution in [0.15, 0.2) is 0 Å². The first-order chi connectivity index (χ1) is 6.43. The fourth-order valence-corrected chi connectivity index (χ4v) is 1.64. The lowest BCUT2D eigenvalue weighted by Crippen LogP contribution is -2.38. The summed E-state index contributed by atoms with van der Waals surface area (Å²) in [6, 6.07) is 0. The van der Waals surface area contributed by atoms with E-state index in [1.807, 2.05) is 0 Å². The zero-order valence-electron chi connectivity index (χ0n) is 8.30. The Balaban J connectivity index is 1.86.